The van der Waals surface area contributed by atoms with Crippen LogP contribution in [0.5, 0.6) is 0 Å². The van der Waals surface area contributed by atoms with E-state index >= 15 is 0 Å². The fourth-order valence-electron chi connectivity index (χ4n) is 0. The van der Waals surface area contributed by atoms with Gasteiger partial charge >= 0.3 is 0 Å². The molecule has 0 saturated carbocycles. The lowest BCUT2D eigenvalue weighted by Gasteiger charge is -2.13. The topological polar surface area (TPSA) is 35.8 Å². The zero-order valence-corrected chi connectivity index (χ0v) is 4.50. The summed E-state index contributed by atoms with van der Waals surface area (Å²) in [7, 11) is 0. The molecule has 0 aliphatic rings. The predicted molar refractivity (Wildman–Crippen MR) is 26.0 cm³/mol. The zero-order chi connectivity index (χ0) is 5.21. The summed E-state index contributed by atoms with van der Waals surface area (Å²) in [6.45, 7) is 5.83. The third kappa shape index (κ3) is 3.92. The first-order chi connectivity index (χ1) is 2.56. The Morgan fingerprint density at radius 1 is 1.33 bits per heavy atom. The molecule has 6 heavy (non-hydrogen) atoms. The second-order valence-corrected chi connectivity index (χ2v) is 2.38. The average molecular weight is 87.1 g/mol. The number of rotatable bonds is 0. The standard InChI is InChI=1S/C4H11N2/c1-4(2,3)6-5/h5-6H,1-3H3. The van der Waals surface area contributed by atoms with Gasteiger partial charge in [-0.15, -0.1) is 0 Å². The summed E-state index contributed by atoms with van der Waals surface area (Å²) in [4.78, 5) is 0. The van der Waals surface area contributed by atoms with Gasteiger partial charge in [-0.25, -0.2) is 5.43 Å². The van der Waals surface area contributed by atoms with E-state index < -0.39 is 0 Å². The van der Waals surface area contributed by atoms with E-state index in [1.54, 1.807) is 0 Å². The van der Waals surface area contributed by atoms with E-state index in [2.05, 4.69) is 5.43 Å². The largest absolute Gasteiger partial charge is 0.238 e. The molecule has 0 unspecified atom stereocenters. The van der Waals surface area contributed by atoms with Gasteiger partial charge in [0.2, 0.25) is 0 Å². The van der Waals surface area contributed by atoms with Crippen LogP contribution in [-0.2, 0) is 0 Å². The zero-order valence-electron chi connectivity index (χ0n) is 4.50. The maximum absolute atomic E-state index is 6.60. The highest BCUT2D eigenvalue weighted by Crippen LogP contribution is 1.93. The Balaban J connectivity index is 3.17. The Hall–Kier alpha value is -0.0800. The molecule has 0 bridgehead atoms. The number of nitrogens with one attached hydrogen (secondary N) is 2. The van der Waals surface area contributed by atoms with Crippen molar-refractivity contribution in [3.8, 4) is 0 Å². The van der Waals surface area contributed by atoms with Crippen LogP contribution in [0, 0.1) is 0 Å². The van der Waals surface area contributed by atoms with Gasteiger partial charge in [-0.1, -0.05) is 0 Å². The number of hydrogen-bond acceptors (Lipinski definition) is 1. The summed E-state index contributed by atoms with van der Waals surface area (Å²) in [6, 6.07) is 0. The summed E-state index contributed by atoms with van der Waals surface area (Å²) in [5.74, 6) is 6.60. The molecule has 0 aliphatic carbocycles. The van der Waals surface area contributed by atoms with Crippen molar-refractivity contribution in [3.05, 3.63) is 0 Å². The second-order valence-electron chi connectivity index (χ2n) is 2.38. The number of hydrogen-bond donors (Lipinski definition) is 1. The quantitative estimate of drug-likeness (QED) is 0.431. The van der Waals surface area contributed by atoms with Crippen molar-refractivity contribution < 1.29 is 0 Å². The normalized spacial score (nSPS) is 12.0. The molecule has 1 radical (unpaired) electrons. The van der Waals surface area contributed by atoms with Gasteiger partial charge in [0.25, 0.3) is 0 Å². The Bertz CT molecular complexity index is 35.3. The average Bonchev–Trinajstić information content (AvgIpc) is 1.35. The van der Waals surface area contributed by atoms with Gasteiger partial charge in [0.15, 0.2) is 0 Å². The molecule has 0 fully saturated rings. The first kappa shape index (κ1) is 5.92. The molecule has 0 aromatic carbocycles. The van der Waals surface area contributed by atoms with E-state index in [0.717, 1.165) is 0 Å². The van der Waals surface area contributed by atoms with Gasteiger partial charge in [-0.05, 0) is 20.8 Å². The van der Waals surface area contributed by atoms with E-state index in [4.69, 9.17) is 5.84 Å². The fraction of sp³-hybridized carbons (Fsp3) is 1.00. The van der Waals surface area contributed by atoms with Crippen molar-refractivity contribution in [1.29, 1.82) is 0 Å². The van der Waals surface area contributed by atoms with Gasteiger partial charge in [0.05, 0.1) is 0 Å². The molecule has 0 aromatic heterocycles. The lowest BCUT2D eigenvalue weighted by molar-refractivity contribution is 0.427. The molecule has 0 aliphatic heterocycles. The molecule has 0 spiro atoms. The van der Waals surface area contributed by atoms with E-state index in [-0.39, 0.29) is 5.54 Å². The van der Waals surface area contributed by atoms with Crippen LogP contribution in [0.1, 0.15) is 20.8 Å². The smallest absolute Gasteiger partial charge is 0.0253 e. The summed E-state index contributed by atoms with van der Waals surface area (Å²) in [5.41, 5.74) is 2.31. The fourth-order valence-corrected chi connectivity index (χ4v) is 0. The van der Waals surface area contributed by atoms with Crippen LogP contribution < -0.4 is 11.3 Å². The highest BCUT2D eigenvalue weighted by molar-refractivity contribution is 4.63. The van der Waals surface area contributed by atoms with Crippen molar-refractivity contribution in [1.82, 2.24) is 11.3 Å². The van der Waals surface area contributed by atoms with E-state index in [1.165, 1.54) is 0 Å². The minimum atomic E-state index is -0.0417. The molecule has 0 amide bonds. The second kappa shape index (κ2) is 1.58. The van der Waals surface area contributed by atoms with E-state index in [9.17, 15) is 0 Å². The Morgan fingerprint density at radius 2 is 1.50 bits per heavy atom. The molecule has 0 heterocycles. The van der Waals surface area contributed by atoms with Crippen LogP contribution in [0.15, 0.2) is 0 Å². The highest BCUT2D eigenvalue weighted by atomic mass is 15.2. The highest BCUT2D eigenvalue weighted by Gasteiger charge is 2.03. The van der Waals surface area contributed by atoms with Gasteiger partial charge in [-0.3, -0.25) is 0 Å². The third-order valence-electron chi connectivity index (χ3n) is 0.375. The Labute approximate surface area is 38.7 Å². The minimum Gasteiger partial charge on any atom is -0.238 e. The van der Waals surface area contributed by atoms with Crippen molar-refractivity contribution in [2.24, 2.45) is 0 Å². The maximum atomic E-state index is 6.60. The maximum Gasteiger partial charge on any atom is 0.0253 e. The molecule has 0 atom stereocenters. The first-order valence-electron chi connectivity index (χ1n) is 2.00. The summed E-state index contributed by atoms with van der Waals surface area (Å²) in [6.07, 6.45) is 0. The van der Waals surface area contributed by atoms with Gasteiger partial charge in [0, 0.05) is 5.54 Å². The molecule has 37 valence electrons. The summed E-state index contributed by atoms with van der Waals surface area (Å²) >= 11 is 0. The summed E-state index contributed by atoms with van der Waals surface area (Å²) in [5, 5.41) is 0. The lowest BCUT2D eigenvalue weighted by atomic mass is 10.1. The van der Waals surface area contributed by atoms with Crippen molar-refractivity contribution in [2.45, 2.75) is 26.3 Å². The van der Waals surface area contributed by atoms with Crippen LogP contribution >= 0.6 is 0 Å². The molecular formula is C4H11N2. The van der Waals surface area contributed by atoms with Crippen LogP contribution in [0.25, 0.3) is 0 Å². The Morgan fingerprint density at radius 3 is 1.50 bits per heavy atom. The molecule has 2 N–H and O–H groups in total. The van der Waals surface area contributed by atoms with E-state index in [0.29, 0.717) is 0 Å². The first-order valence-corrected chi connectivity index (χ1v) is 2.00. The van der Waals surface area contributed by atoms with Crippen molar-refractivity contribution in [2.75, 3.05) is 0 Å². The SMILES string of the molecule is CC(C)(C)N[NH]. The van der Waals surface area contributed by atoms with Crippen molar-refractivity contribution >= 4 is 0 Å². The molecule has 2 heteroatoms. The molecule has 0 rings (SSSR count). The van der Waals surface area contributed by atoms with Crippen molar-refractivity contribution in [3.63, 3.8) is 0 Å². The minimum absolute atomic E-state index is 0.0417. The van der Waals surface area contributed by atoms with E-state index in [1.807, 2.05) is 20.8 Å². The van der Waals surface area contributed by atoms with Gasteiger partial charge in [-0.2, -0.15) is 5.84 Å². The van der Waals surface area contributed by atoms with Crippen LogP contribution in [-0.4, -0.2) is 5.54 Å². The molecule has 0 aromatic rings. The van der Waals surface area contributed by atoms with Crippen LogP contribution in [0.2, 0.25) is 0 Å². The van der Waals surface area contributed by atoms with Gasteiger partial charge < -0.3 is 0 Å². The van der Waals surface area contributed by atoms with Crippen LogP contribution in [0.4, 0.5) is 0 Å². The predicted octanol–water partition coefficient (Wildman–Crippen LogP) is 0.572. The summed E-state index contributed by atoms with van der Waals surface area (Å²) < 4.78 is 0. The molecular weight excluding hydrogens is 76.1 g/mol. The molecule has 2 nitrogen and oxygen atoms in total. The van der Waals surface area contributed by atoms with Crippen LogP contribution in [0.3, 0.4) is 0 Å². The third-order valence-corrected chi connectivity index (χ3v) is 0.375. The Kier molecular flexibility index (Phi) is 1.56. The lowest BCUT2D eigenvalue weighted by Crippen LogP contribution is -2.33. The molecule has 0 saturated heterocycles. The van der Waals surface area contributed by atoms with Gasteiger partial charge in [0.1, 0.15) is 0 Å². The monoisotopic (exact) mass is 87.1 g/mol.